The van der Waals surface area contributed by atoms with Crippen molar-refractivity contribution in [3.05, 3.63) is 58.4 Å². The minimum Gasteiger partial charge on any atom is -0.453 e. The standard InChI is InChI=1S/C22H23ClN2O4/c1-14(22(28)25-18-7-4-12-24-21(18)23)29-20(27)11-10-19(26)17-9-8-15-5-2-3-6-16(15)13-17/h4,7-9,12-14H,2-3,5-6,10-11H2,1H3,(H,25,28)/t14-/m0/s1. The molecule has 1 aliphatic carbocycles. The number of hydrogen-bond donors (Lipinski definition) is 1. The molecule has 29 heavy (non-hydrogen) atoms. The summed E-state index contributed by atoms with van der Waals surface area (Å²) in [5.74, 6) is -1.22. The third kappa shape index (κ3) is 5.64. The van der Waals surface area contributed by atoms with Crippen molar-refractivity contribution >= 4 is 34.9 Å². The number of carbonyl (C=O) groups is 3. The third-order valence-corrected chi connectivity index (χ3v) is 5.22. The zero-order valence-corrected chi connectivity index (χ0v) is 17.0. The van der Waals surface area contributed by atoms with E-state index in [2.05, 4.69) is 10.3 Å². The number of pyridine rings is 1. The van der Waals surface area contributed by atoms with Gasteiger partial charge in [-0.3, -0.25) is 14.4 Å². The lowest BCUT2D eigenvalue weighted by atomic mass is 9.89. The number of Topliss-reactive ketones (excluding diaryl/α,β-unsaturated/α-hetero) is 1. The molecule has 3 rings (SSSR count). The summed E-state index contributed by atoms with van der Waals surface area (Å²) in [5, 5.41) is 2.71. The Labute approximate surface area is 174 Å². The van der Waals surface area contributed by atoms with Gasteiger partial charge in [-0.2, -0.15) is 0 Å². The average Bonchev–Trinajstić information content (AvgIpc) is 2.73. The molecule has 7 heteroatoms. The number of ketones is 1. The summed E-state index contributed by atoms with van der Waals surface area (Å²) >= 11 is 5.89. The van der Waals surface area contributed by atoms with Crippen LogP contribution in [0.4, 0.5) is 5.69 Å². The summed E-state index contributed by atoms with van der Waals surface area (Å²) in [6.07, 6.45) is 4.82. The summed E-state index contributed by atoms with van der Waals surface area (Å²) in [6, 6.07) is 9.00. The van der Waals surface area contributed by atoms with Crippen LogP contribution in [0.2, 0.25) is 5.15 Å². The molecule has 1 N–H and O–H groups in total. The number of rotatable bonds is 7. The predicted octanol–water partition coefficient (Wildman–Crippen LogP) is 4.15. The molecule has 0 bridgehead atoms. The fourth-order valence-corrected chi connectivity index (χ4v) is 3.46. The second-order valence-electron chi connectivity index (χ2n) is 7.08. The van der Waals surface area contributed by atoms with E-state index in [1.54, 1.807) is 12.1 Å². The minimum atomic E-state index is -1.02. The van der Waals surface area contributed by atoms with Crippen LogP contribution in [0.15, 0.2) is 36.5 Å². The van der Waals surface area contributed by atoms with Crippen molar-refractivity contribution in [3.8, 4) is 0 Å². The Hall–Kier alpha value is -2.73. The van der Waals surface area contributed by atoms with E-state index in [9.17, 15) is 14.4 Å². The molecule has 6 nitrogen and oxygen atoms in total. The molecule has 0 unspecified atom stereocenters. The summed E-state index contributed by atoms with van der Waals surface area (Å²) in [5.41, 5.74) is 3.49. The Bertz CT molecular complexity index is 929. The minimum absolute atomic E-state index is 0.0421. The molecule has 2 aromatic rings. The Morgan fingerprint density at radius 2 is 1.90 bits per heavy atom. The van der Waals surface area contributed by atoms with Crippen LogP contribution >= 0.6 is 11.6 Å². The van der Waals surface area contributed by atoms with Crippen molar-refractivity contribution in [1.82, 2.24) is 4.98 Å². The fourth-order valence-electron chi connectivity index (χ4n) is 3.29. The molecule has 1 atom stereocenters. The zero-order valence-electron chi connectivity index (χ0n) is 16.2. The lowest BCUT2D eigenvalue weighted by Gasteiger charge is -2.16. The maximum absolute atomic E-state index is 12.4. The molecule has 1 aliphatic rings. The van der Waals surface area contributed by atoms with Gasteiger partial charge in [-0.25, -0.2) is 4.98 Å². The van der Waals surface area contributed by atoms with Crippen molar-refractivity contribution in [1.29, 1.82) is 0 Å². The van der Waals surface area contributed by atoms with Crippen LogP contribution in [0.1, 0.15) is 54.1 Å². The number of nitrogens with one attached hydrogen (secondary N) is 1. The number of aromatic nitrogens is 1. The first-order valence-corrected chi connectivity index (χ1v) is 10.1. The first-order valence-electron chi connectivity index (χ1n) is 9.70. The quantitative estimate of drug-likeness (QED) is 0.418. The van der Waals surface area contributed by atoms with Gasteiger partial charge >= 0.3 is 5.97 Å². The highest BCUT2D eigenvalue weighted by atomic mass is 35.5. The number of benzene rings is 1. The number of hydrogen-bond acceptors (Lipinski definition) is 5. The number of halogens is 1. The van der Waals surface area contributed by atoms with Gasteiger partial charge in [0.1, 0.15) is 0 Å². The van der Waals surface area contributed by atoms with Crippen molar-refractivity contribution in [3.63, 3.8) is 0 Å². The number of aryl methyl sites for hydroxylation is 2. The fraction of sp³-hybridized carbons (Fsp3) is 0.364. The molecular weight excluding hydrogens is 392 g/mol. The summed E-state index contributed by atoms with van der Waals surface area (Å²) in [6.45, 7) is 1.46. The van der Waals surface area contributed by atoms with Crippen LogP contribution in [-0.4, -0.2) is 28.7 Å². The SMILES string of the molecule is C[C@H](OC(=O)CCC(=O)c1ccc2c(c1)CCCC2)C(=O)Nc1cccnc1Cl. The lowest BCUT2D eigenvalue weighted by Crippen LogP contribution is -2.30. The van der Waals surface area contributed by atoms with E-state index in [1.807, 2.05) is 18.2 Å². The van der Waals surface area contributed by atoms with Crippen LogP contribution in [0, 0.1) is 0 Å². The summed E-state index contributed by atoms with van der Waals surface area (Å²) in [7, 11) is 0. The van der Waals surface area contributed by atoms with E-state index in [4.69, 9.17) is 16.3 Å². The maximum atomic E-state index is 12.4. The van der Waals surface area contributed by atoms with Gasteiger partial charge in [0.2, 0.25) is 0 Å². The first kappa shape index (κ1) is 21.0. The van der Waals surface area contributed by atoms with Gasteiger partial charge in [-0.05, 0) is 61.9 Å². The van der Waals surface area contributed by atoms with Crippen LogP contribution < -0.4 is 5.32 Å². The molecule has 1 amide bonds. The number of amides is 1. The zero-order chi connectivity index (χ0) is 20.8. The van der Waals surface area contributed by atoms with E-state index in [0.717, 1.165) is 19.3 Å². The highest BCUT2D eigenvalue weighted by Crippen LogP contribution is 2.23. The predicted molar refractivity (Wildman–Crippen MR) is 110 cm³/mol. The Kier molecular flexibility index (Phi) is 6.99. The summed E-state index contributed by atoms with van der Waals surface area (Å²) < 4.78 is 5.13. The smallest absolute Gasteiger partial charge is 0.307 e. The van der Waals surface area contributed by atoms with Crippen molar-refractivity contribution in [2.75, 3.05) is 5.32 Å². The highest BCUT2D eigenvalue weighted by molar-refractivity contribution is 6.32. The van der Waals surface area contributed by atoms with Crippen molar-refractivity contribution in [2.45, 2.75) is 51.6 Å². The second-order valence-corrected chi connectivity index (χ2v) is 7.43. The number of ether oxygens (including phenoxy) is 1. The number of esters is 1. The van der Waals surface area contributed by atoms with Gasteiger partial charge < -0.3 is 10.1 Å². The topological polar surface area (TPSA) is 85.4 Å². The Balaban J connectivity index is 1.48. The molecule has 0 saturated heterocycles. The normalized spacial score (nSPS) is 13.9. The number of fused-ring (bicyclic) bond motifs is 1. The average molecular weight is 415 g/mol. The number of anilines is 1. The van der Waals surface area contributed by atoms with Crippen LogP contribution in [-0.2, 0) is 27.2 Å². The summed E-state index contributed by atoms with van der Waals surface area (Å²) in [4.78, 5) is 40.5. The highest BCUT2D eigenvalue weighted by Gasteiger charge is 2.20. The van der Waals surface area contributed by atoms with Gasteiger partial charge in [-0.15, -0.1) is 0 Å². The van der Waals surface area contributed by atoms with E-state index in [1.165, 1.54) is 30.7 Å². The monoisotopic (exact) mass is 414 g/mol. The second kappa shape index (κ2) is 9.65. The molecule has 0 saturated carbocycles. The van der Waals surface area contributed by atoms with E-state index >= 15 is 0 Å². The van der Waals surface area contributed by atoms with E-state index in [-0.39, 0.29) is 23.8 Å². The van der Waals surface area contributed by atoms with E-state index in [0.29, 0.717) is 11.3 Å². The van der Waals surface area contributed by atoms with Crippen molar-refractivity contribution in [2.24, 2.45) is 0 Å². The lowest BCUT2D eigenvalue weighted by molar-refractivity contribution is -0.153. The van der Waals surface area contributed by atoms with Crippen LogP contribution in [0.25, 0.3) is 0 Å². The first-order chi connectivity index (χ1) is 13.9. The van der Waals surface area contributed by atoms with Gasteiger partial charge in [0, 0.05) is 18.2 Å². The Morgan fingerprint density at radius 3 is 2.66 bits per heavy atom. The number of carbonyl (C=O) groups excluding carboxylic acids is 3. The van der Waals surface area contributed by atoms with Gasteiger partial charge in [-0.1, -0.05) is 23.7 Å². The molecule has 0 spiro atoms. The maximum Gasteiger partial charge on any atom is 0.307 e. The number of nitrogens with zero attached hydrogens (tertiary/aromatic N) is 1. The van der Waals surface area contributed by atoms with Gasteiger partial charge in [0.25, 0.3) is 5.91 Å². The van der Waals surface area contributed by atoms with Crippen LogP contribution in [0.3, 0.4) is 0 Å². The largest absolute Gasteiger partial charge is 0.453 e. The molecule has 0 aliphatic heterocycles. The molecule has 1 aromatic carbocycles. The Morgan fingerprint density at radius 1 is 1.14 bits per heavy atom. The van der Waals surface area contributed by atoms with Crippen LogP contribution in [0.5, 0.6) is 0 Å². The third-order valence-electron chi connectivity index (χ3n) is 4.92. The molecular formula is C22H23ClN2O4. The molecule has 0 radical (unpaired) electrons. The molecule has 0 fully saturated rings. The van der Waals surface area contributed by atoms with Gasteiger partial charge in [0.05, 0.1) is 12.1 Å². The van der Waals surface area contributed by atoms with Crippen molar-refractivity contribution < 1.29 is 19.1 Å². The molecule has 1 aromatic heterocycles. The molecule has 152 valence electrons. The van der Waals surface area contributed by atoms with E-state index < -0.39 is 18.0 Å². The van der Waals surface area contributed by atoms with Gasteiger partial charge in [0.15, 0.2) is 17.0 Å². The molecule has 1 heterocycles.